The number of ether oxygens (including phenoxy) is 5. The van der Waals surface area contributed by atoms with E-state index in [9.17, 15) is 29.4 Å². The van der Waals surface area contributed by atoms with Gasteiger partial charge < -0.3 is 59.1 Å². The molecule has 0 aliphatic rings. The summed E-state index contributed by atoms with van der Waals surface area (Å²) in [5.74, 6) is 0.923. The summed E-state index contributed by atoms with van der Waals surface area (Å²) in [6.45, 7) is 18.9. The van der Waals surface area contributed by atoms with Crippen molar-refractivity contribution < 1.29 is 73.5 Å². The summed E-state index contributed by atoms with van der Waals surface area (Å²) in [5.41, 5.74) is 4.60. The minimum absolute atomic E-state index is 0.0127. The molecule has 0 amide bonds. The molecule has 5 aromatic rings. The van der Waals surface area contributed by atoms with Gasteiger partial charge in [-0.1, -0.05) is 102 Å². The van der Waals surface area contributed by atoms with Gasteiger partial charge in [0, 0.05) is 23.3 Å². The minimum atomic E-state index is -0.875. The Kier molecular flexibility index (Phi) is 28.2. The Balaban J connectivity index is 0.000000861. The summed E-state index contributed by atoms with van der Waals surface area (Å²) in [7, 11) is 7.81. The van der Waals surface area contributed by atoms with Gasteiger partial charge in [0.25, 0.3) is 0 Å². The number of benzene rings is 5. The first-order valence-corrected chi connectivity index (χ1v) is 22.6. The summed E-state index contributed by atoms with van der Waals surface area (Å²) in [5, 5.41) is 53.9. The molecule has 0 radical (unpaired) electrons. The van der Waals surface area contributed by atoms with Gasteiger partial charge in [-0.25, -0.2) is 4.79 Å². The number of allylic oxidation sites excluding steroid dienone is 1. The van der Waals surface area contributed by atoms with Crippen LogP contribution in [0, 0.1) is 13.8 Å². The van der Waals surface area contributed by atoms with E-state index in [1.807, 2.05) is 104 Å². The summed E-state index contributed by atoms with van der Waals surface area (Å²) in [6, 6.07) is 30.7. The number of hydrogen-bond acceptors (Lipinski definition) is 12. The summed E-state index contributed by atoms with van der Waals surface area (Å²) >= 11 is 0. The SMILES string of the molecule is CC(C)=CC(=O)O.COc1ccc(C(C)(C)CC(=O)O)cc1C.COc1ccc(C(C)(C)CC(=O)O)cc1O.COc1ccc(C(C)(C)CC=O)cc1O.COc1ccccc1C.COc1ccccc1O. The van der Waals surface area contributed by atoms with Gasteiger partial charge in [-0.3, -0.25) is 9.59 Å². The van der Waals surface area contributed by atoms with Crippen LogP contribution in [0.5, 0.6) is 46.0 Å². The second-order valence-corrected chi connectivity index (χ2v) is 18.3. The molecule has 0 aliphatic carbocycles. The highest BCUT2D eigenvalue weighted by Crippen LogP contribution is 2.35. The number of methoxy groups -OCH3 is 5. The van der Waals surface area contributed by atoms with Gasteiger partial charge in [0.1, 0.15) is 17.8 Å². The number of para-hydroxylation sites is 3. The van der Waals surface area contributed by atoms with E-state index in [0.29, 0.717) is 23.7 Å². The Hall–Kier alpha value is -7.68. The van der Waals surface area contributed by atoms with Crippen molar-refractivity contribution in [1.82, 2.24) is 0 Å². The molecule has 0 spiro atoms. The molecule has 0 saturated carbocycles. The molecule has 0 aliphatic heterocycles. The van der Waals surface area contributed by atoms with Gasteiger partial charge in [-0.05, 0) is 109 Å². The van der Waals surface area contributed by atoms with E-state index < -0.39 is 23.3 Å². The van der Waals surface area contributed by atoms with Crippen molar-refractivity contribution in [1.29, 1.82) is 0 Å². The molecule has 0 saturated heterocycles. The number of aryl methyl sites for hydroxylation is 2. The number of phenolic OH excluding ortho intramolecular Hbond substituents is 3. The Bertz CT molecular complexity index is 2380. The van der Waals surface area contributed by atoms with E-state index >= 15 is 0 Å². The fourth-order valence-corrected chi connectivity index (χ4v) is 6.47. The van der Waals surface area contributed by atoms with Crippen molar-refractivity contribution in [3.05, 3.63) is 143 Å². The maximum atomic E-state index is 10.8. The quantitative estimate of drug-likeness (QED) is 0.0423. The van der Waals surface area contributed by atoms with E-state index in [-0.39, 0.29) is 40.9 Å². The van der Waals surface area contributed by atoms with Crippen LogP contribution in [0.15, 0.2) is 115 Å². The molecular formula is C57H76O15. The zero-order valence-electron chi connectivity index (χ0n) is 44.4. The van der Waals surface area contributed by atoms with Crippen molar-refractivity contribution in [2.24, 2.45) is 0 Å². The number of phenols is 3. The predicted molar refractivity (Wildman–Crippen MR) is 281 cm³/mol. The van der Waals surface area contributed by atoms with Crippen LogP contribution in [0.4, 0.5) is 0 Å². The Morgan fingerprint density at radius 1 is 0.472 bits per heavy atom. The molecule has 5 aromatic carbocycles. The van der Waals surface area contributed by atoms with Crippen LogP contribution in [0.2, 0.25) is 0 Å². The maximum absolute atomic E-state index is 10.8. The van der Waals surface area contributed by atoms with Crippen LogP contribution >= 0.6 is 0 Å². The molecule has 0 aromatic heterocycles. The van der Waals surface area contributed by atoms with E-state index in [1.54, 1.807) is 82.7 Å². The Morgan fingerprint density at radius 2 is 0.819 bits per heavy atom. The molecule has 0 unspecified atom stereocenters. The second-order valence-electron chi connectivity index (χ2n) is 18.3. The van der Waals surface area contributed by atoms with Gasteiger partial charge in [0.2, 0.25) is 0 Å². The van der Waals surface area contributed by atoms with Crippen molar-refractivity contribution in [2.75, 3.05) is 35.5 Å². The van der Waals surface area contributed by atoms with Crippen molar-refractivity contribution in [3.8, 4) is 46.0 Å². The molecule has 15 heteroatoms. The van der Waals surface area contributed by atoms with Crippen LogP contribution in [0.1, 0.15) is 102 Å². The molecule has 72 heavy (non-hydrogen) atoms. The lowest BCUT2D eigenvalue weighted by Crippen LogP contribution is -2.21. The standard InChI is InChI=1S/C13H18O3.C12H16O4.C12H16O3.C8H10O.C7H8O2.C5H8O2/c1-9-7-10(5-6-11(9)16-4)13(2,3)8-12(14)15;1-12(2,7-11(14)15)8-4-5-10(16-3)9(13)6-8;1-12(2,6-7-13)9-4-5-11(15-3)10(14)8-9;1-7-5-3-4-6-8(7)9-2;1-9-7-5-3-2-4-6(7)8;1-4(2)3-5(6)7/h5-7H,8H2,1-4H3,(H,14,15);4-6,13H,7H2,1-3H3,(H,14,15);4-5,7-8,14H,6H2,1-3H3;3-6H,1-2H3;2-5,8H,1H3;3H,1-2H3,(H,6,7). The molecular weight excluding hydrogens is 925 g/mol. The number of aromatic hydroxyl groups is 3. The zero-order valence-corrected chi connectivity index (χ0v) is 44.4. The van der Waals surface area contributed by atoms with Crippen molar-refractivity contribution in [3.63, 3.8) is 0 Å². The maximum Gasteiger partial charge on any atom is 0.328 e. The molecule has 6 N–H and O–H groups in total. The number of aldehydes is 1. The molecule has 15 nitrogen and oxygen atoms in total. The molecule has 0 atom stereocenters. The largest absolute Gasteiger partial charge is 0.504 e. The number of rotatable bonds is 15. The highest BCUT2D eigenvalue weighted by molar-refractivity contribution is 5.80. The van der Waals surface area contributed by atoms with Gasteiger partial charge in [0.05, 0.1) is 48.4 Å². The summed E-state index contributed by atoms with van der Waals surface area (Å²) in [4.78, 5) is 41.7. The highest BCUT2D eigenvalue weighted by Gasteiger charge is 2.26. The van der Waals surface area contributed by atoms with Crippen molar-refractivity contribution >= 4 is 24.2 Å². The topological polar surface area (TPSA) is 236 Å². The minimum Gasteiger partial charge on any atom is -0.504 e. The van der Waals surface area contributed by atoms with Crippen LogP contribution in [0.25, 0.3) is 0 Å². The lowest BCUT2D eigenvalue weighted by atomic mass is 9.81. The molecule has 0 heterocycles. The monoisotopic (exact) mass is 1000 g/mol. The normalized spacial score (nSPS) is 10.3. The smallest absolute Gasteiger partial charge is 0.328 e. The zero-order chi connectivity index (χ0) is 55.4. The van der Waals surface area contributed by atoms with E-state index in [4.69, 9.17) is 44.1 Å². The van der Waals surface area contributed by atoms with E-state index in [1.165, 1.54) is 33.0 Å². The first-order valence-electron chi connectivity index (χ1n) is 22.6. The molecule has 0 bridgehead atoms. The molecule has 0 fully saturated rings. The summed E-state index contributed by atoms with van der Waals surface area (Å²) in [6.07, 6.45) is 2.62. The number of carboxylic acid groups (broad SMARTS) is 3. The number of hydrogen-bond donors (Lipinski definition) is 6. The average Bonchev–Trinajstić information content (AvgIpc) is 3.29. The summed E-state index contributed by atoms with van der Waals surface area (Å²) < 4.78 is 24.9. The number of carbonyl (C=O) groups is 4. The Labute approximate surface area is 425 Å². The second kappa shape index (κ2) is 31.5. The number of aliphatic carboxylic acids is 3. The van der Waals surface area contributed by atoms with Crippen molar-refractivity contribution in [2.45, 2.75) is 105 Å². The van der Waals surface area contributed by atoms with Crippen LogP contribution in [-0.2, 0) is 35.4 Å². The Morgan fingerprint density at radius 3 is 1.11 bits per heavy atom. The molecule has 5 rings (SSSR count). The van der Waals surface area contributed by atoms with Crippen LogP contribution in [0.3, 0.4) is 0 Å². The van der Waals surface area contributed by atoms with Crippen LogP contribution in [-0.4, -0.2) is 90.4 Å². The fraction of sp³-hybridized carbons (Fsp3) is 0.368. The van der Waals surface area contributed by atoms with E-state index in [2.05, 4.69) is 0 Å². The van der Waals surface area contributed by atoms with Crippen LogP contribution < -0.4 is 23.7 Å². The third-order valence-electron chi connectivity index (χ3n) is 10.7. The molecule has 394 valence electrons. The van der Waals surface area contributed by atoms with E-state index in [0.717, 1.165) is 45.6 Å². The predicted octanol–water partition coefficient (Wildman–Crippen LogP) is 11.6. The third kappa shape index (κ3) is 23.8. The fourth-order valence-electron chi connectivity index (χ4n) is 6.47. The number of carboxylic acids is 3. The average molecular weight is 1000 g/mol. The highest BCUT2D eigenvalue weighted by atomic mass is 16.5. The van der Waals surface area contributed by atoms with Gasteiger partial charge in [-0.2, -0.15) is 0 Å². The van der Waals surface area contributed by atoms with Gasteiger partial charge in [-0.15, -0.1) is 0 Å². The first-order chi connectivity index (χ1) is 33.5. The van der Waals surface area contributed by atoms with Gasteiger partial charge >= 0.3 is 17.9 Å². The number of carbonyl (C=O) groups excluding carboxylic acids is 1. The lowest BCUT2D eigenvalue weighted by molar-refractivity contribution is -0.139. The van der Waals surface area contributed by atoms with Gasteiger partial charge in [0.15, 0.2) is 34.5 Å². The lowest BCUT2D eigenvalue weighted by Gasteiger charge is -2.24. The first kappa shape index (κ1) is 64.3. The third-order valence-corrected chi connectivity index (χ3v) is 10.7.